The van der Waals surface area contributed by atoms with Gasteiger partial charge in [-0.05, 0) is 45.1 Å². The SMILES string of the molecule is Cc1nc(CCNC2CCCC2C2CCCCN2)cs1. The summed E-state index contributed by atoms with van der Waals surface area (Å²) in [5.41, 5.74) is 1.25. The Balaban J connectivity index is 1.46. The second kappa shape index (κ2) is 7.01. The Morgan fingerprint density at radius 1 is 1.30 bits per heavy atom. The lowest BCUT2D eigenvalue weighted by Crippen LogP contribution is -2.47. The second-order valence-electron chi connectivity index (χ2n) is 6.32. The zero-order valence-electron chi connectivity index (χ0n) is 12.5. The van der Waals surface area contributed by atoms with Gasteiger partial charge in [0.2, 0.25) is 0 Å². The van der Waals surface area contributed by atoms with Crippen LogP contribution >= 0.6 is 11.3 Å². The van der Waals surface area contributed by atoms with Crippen molar-refractivity contribution in [3.63, 3.8) is 0 Å². The number of aromatic nitrogens is 1. The normalized spacial score (nSPS) is 30.8. The molecule has 1 aromatic heterocycles. The van der Waals surface area contributed by atoms with Crippen molar-refractivity contribution in [1.82, 2.24) is 15.6 Å². The van der Waals surface area contributed by atoms with Crippen molar-refractivity contribution in [3.8, 4) is 0 Å². The van der Waals surface area contributed by atoms with Gasteiger partial charge in [0.25, 0.3) is 0 Å². The summed E-state index contributed by atoms with van der Waals surface area (Å²) < 4.78 is 0. The van der Waals surface area contributed by atoms with Crippen LogP contribution in [0.4, 0.5) is 0 Å². The number of piperidine rings is 1. The molecule has 1 saturated carbocycles. The zero-order valence-corrected chi connectivity index (χ0v) is 13.3. The van der Waals surface area contributed by atoms with E-state index in [1.165, 1.54) is 55.8 Å². The summed E-state index contributed by atoms with van der Waals surface area (Å²) in [5, 5.41) is 10.9. The van der Waals surface area contributed by atoms with Crippen molar-refractivity contribution in [2.75, 3.05) is 13.1 Å². The second-order valence-corrected chi connectivity index (χ2v) is 7.38. The first kappa shape index (κ1) is 14.5. The van der Waals surface area contributed by atoms with Crippen molar-refractivity contribution >= 4 is 11.3 Å². The summed E-state index contributed by atoms with van der Waals surface area (Å²) in [6.45, 7) is 4.40. The van der Waals surface area contributed by atoms with Gasteiger partial charge >= 0.3 is 0 Å². The topological polar surface area (TPSA) is 37.0 Å². The number of hydrogen-bond acceptors (Lipinski definition) is 4. The Hall–Kier alpha value is -0.450. The minimum absolute atomic E-state index is 0.727. The lowest BCUT2D eigenvalue weighted by molar-refractivity contribution is 0.258. The third-order valence-electron chi connectivity index (χ3n) is 4.89. The van der Waals surface area contributed by atoms with Gasteiger partial charge in [0.1, 0.15) is 0 Å². The van der Waals surface area contributed by atoms with Gasteiger partial charge in [0.15, 0.2) is 0 Å². The molecule has 0 bridgehead atoms. The fourth-order valence-corrected chi connectivity index (χ4v) is 4.52. The van der Waals surface area contributed by atoms with Crippen LogP contribution in [0, 0.1) is 12.8 Å². The number of nitrogens with zero attached hydrogens (tertiary/aromatic N) is 1. The molecule has 112 valence electrons. The van der Waals surface area contributed by atoms with Crippen LogP contribution in [0.5, 0.6) is 0 Å². The summed E-state index contributed by atoms with van der Waals surface area (Å²) in [6, 6.07) is 1.50. The maximum absolute atomic E-state index is 4.55. The molecule has 2 fully saturated rings. The molecule has 1 aliphatic carbocycles. The number of thiazole rings is 1. The van der Waals surface area contributed by atoms with Crippen LogP contribution in [-0.4, -0.2) is 30.2 Å². The zero-order chi connectivity index (χ0) is 13.8. The number of aryl methyl sites for hydroxylation is 1. The fourth-order valence-electron chi connectivity index (χ4n) is 3.88. The van der Waals surface area contributed by atoms with Gasteiger partial charge in [-0.2, -0.15) is 0 Å². The predicted molar refractivity (Wildman–Crippen MR) is 85.3 cm³/mol. The van der Waals surface area contributed by atoms with E-state index in [1.54, 1.807) is 11.3 Å². The molecule has 1 aliphatic heterocycles. The van der Waals surface area contributed by atoms with Crippen molar-refractivity contribution in [2.45, 2.75) is 64.0 Å². The molecule has 2 aliphatic rings. The molecule has 3 nitrogen and oxygen atoms in total. The highest BCUT2D eigenvalue weighted by molar-refractivity contribution is 7.09. The first-order chi connectivity index (χ1) is 9.83. The summed E-state index contributed by atoms with van der Waals surface area (Å²) in [5.74, 6) is 0.854. The van der Waals surface area contributed by atoms with Crippen molar-refractivity contribution in [3.05, 3.63) is 16.1 Å². The average molecular weight is 293 g/mol. The summed E-state index contributed by atoms with van der Waals surface area (Å²) in [4.78, 5) is 4.55. The van der Waals surface area contributed by atoms with E-state index in [-0.39, 0.29) is 0 Å². The van der Waals surface area contributed by atoms with Crippen LogP contribution in [0.2, 0.25) is 0 Å². The largest absolute Gasteiger partial charge is 0.314 e. The lowest BCUT2D eigenvalue weighted by Gasteiger charge is -2.33. The molecular weight excluding hydrogens is 266 g/mol. The minimum atomic E-state index is 0.727. The van der Waals surface area contributed by atoms with E-state index in [1.807, 2.05) is 0 Å². The summed E-state index contributed by atoms with van der Waals surface area (Å²) in [7, 11) is 0. The van der Waals surface area contributed by atoms with Crippen LogP contribution < -0.4 is 10.6 Å². The van der Waals surface area contributed by atoms with E-state index in [2.05, 4.69) is 27.9 Å². The monoisotopic (exact) mass is 293 g/mol. The van der Waals surface area contributed by atoms with Gasteiger partial charge in [-0.15, -0.1) is 11.3 Å². The Kier molecular flexibility index (Phi) is 5.08. The molecular formula is C16H27N3S. The van der Waals surface area contributed by atoms with Gasteiger partial charge in [0.05, 0.1) is 10.7 Å². The van der Waals surface area contributed by atoms with E-state index in [9.17, 15) is 0 Å². The van der Waals surface area contributed by atoms with Gasteiger partial charge in [-0.3, -0.25) is 0 Å². The van der Waals surface area contributed by atoms with Crippen molar-refractivity contribution in [1.29, 1.82) is 0 Å². The molecule has 3 unspecified atom stereocenters. The molecule has 1 saturated heterocycles. The van der Waals surface area contributed by atoms with Crippen LogP contribution in [-0.2, 0) is 6.42 Å². The molecule has 3 atom stereocenters. The molecule has 1 aromatic rings. The summed E-state index contributed by atoms with van der Waals surface area (Å²) >= 11 is 1.76. The molecule has 0 spiro atoms. The number of rotatable bonds is 5. The predicted octanol–water partition coefficient (Wildman–Crippen LogP) is 2.89. The minimum Gasteiger partial charge on any atom is -0.314 e. The third kappa shape index (κ3) is 3.60. The standard InChI is InChI=1S/C16H27N3S/c1-12-19-13(11-20-12)8-10-18-16-7-4-5-14(16)15-6-2-3-9-17-15/h11,14-18H,2-10H2,1H3. The van der Waals surface area contributed by atoms with Gasteiger partial charge in [0, 0.05) is 30.4 Å². The lowest BCUT2D eigenvalue weighted by atomic mass is 9.88. The molecule has 20 heavy (non-hydrogen) atoms. The maximum Gasteiger partial charge on any atom is 0.0897 e. The smallest absolute Gasteiger partial charge is 0.0897 e. The molecule has 3 rings (SSSR count). The van der Waals surface area contributed by atoms with E-state index in [4.69, 9.17) is 0 Å². The Labute approximate surface area is 126 Å². The first-order valence-corrected chi connectivity index (χ1v) is 9.08. The third-order valence-corrected chi connectivity index (χ3v) is 5.71. The number of nitrogens with one attached hydrogen (secondary N) is 2. The van der Waals surface area contributed by atoms with Crippen molar-refractivity contribution < 1.29 is 0 Å². The molecule has 0 amide bonds. The van der Waals surface area contributed by atoms with E-state index in [0.29, 0.717) is 0 Å². The first-order valence-electron chi connectivity index (χ1n) is 8.21. The average Bonchev–Trinajstić information content (AvgIpc) is 3.09. The highest BCUT2D eigenvalue weighted by Gasteiger charge is 2.33. The quantitative estimate of drug-likeness (QED) is 0.876. The van der Waals surface area contributed by atoms with Crippen LogP contribution in [0.15, 0.2) is 5.38 Å². The highest BCUT2D eigenvalue weighted by Crippen LogP contribution is 2.31. The maximum atomic E-state index is 4.55. The van der Waals surface area contributed by atoms with Gasteiger partial charge < -0.3 is 10.6 Å². The van der Waals surface area contributed by atoms with Crippen LogP contribution in [0.3, 0.4) is 0 Å². The van der Waals surface area contributed by atoms with E-state index in [0.717, 1.165) is 31.0 Å². The van der Waals surface area contributed by atoms with Crippen molar-refractivity contribution in [2.24, 2.45) is 5.92 Å². The highest BCUT2D eigenvalue weighted by atomic mass is 32.1. The van der Waals surface area contributed by atoms with Crippen LogP contribution in [0.1, 0.15) is 49.2 Å². The number of hydrogen-bond donors (Lipinski definition) is 2. The van der Waals surface area contributed by atoms with E-state index < -0.39 is 0 Å². The summed E-state index contributed by atoms with van der Waals surface area (Å²) in [6.07, 6.45) is 9.41. The van der Waals surface area contributed by atoms with E-state index >= 15 is 0 Å². The molecule has 4 heteroatoms. The van der Waals surface area contributed by atoms with Gasteiger partial charge in [-0.1, -0.05) is 12.8 Å². The van der Waals surface area contributed by atoms with Gasteiger partial charge in [-0.25, -0.2) is 4.98 Å². The Bertz CT molecular complexity index is 412. The molecule has 0 radical (unpaired) electrons. The molecule has 0 aromatic carbocycles. The van der Waals surface area contributed by atoms with Crippen LogP contribution in [0.25, 0.3) is 0 Å². The fraction of sp³-hybridized carbons (Fsp3) is 0.812. The Morgan fingerprint density at radius 2 is 2.25 bits per heavy atom. The Morgan fingerprint density at radius 3 is 3.00 bits per heavy atom. The molecule has 2 heterocycles. The molecule has 2 N–H and O–H groups in total.